The highest BCUT2D eigenvalue weighted by molar-refractivity contribution is 4.80. The zero-order chi connectivity index (χ0) is 5.11. The number of ether oxygens (including phenoxy) is 2. The van der Waals surface area contributed by atoms with Crippen LogP contribution in [0.15, 0.2) is 12.7 Å². The molecule has 2 heteroatoms. The van der Waals surface area contributed by atoms with Gasteiger partial charge in [0.1, 0.15) is 12.9 Å². The zero-order valence-corrected chi connectivity index (χ0v) is 4.09. The number of hydrogen-bond acceptors (Lipinski definition) is 2. The molecule has 0 unspecified atom stereocenters. The summed E-state index contributed by atoms with van der Waals surface area (Å²) < 4.78 is 9.82. The molecule has 1 saturated heterocycles. The summed E-state index contributed by atoms with van der Waals surface area (Å²) in [6.45, 7) is 4.64. The van der Waals surface area contributed by atoms with Gasteiger partial charge in [-0.15, -0.1) is 6.58 Å². The lowest BCUT2D eigenvalue weighted by molar-refractivity contribution is 0.0573. The standard InChI is InChI=1S/C5H8O2/c1-2-5-3-6-4-7-5/h2,5H,1,3-4H2/t5-/m1/s1. The third-order valence-electron chi connectivity index (χ3n) is 0.910. The Kier molecular flexibility index (Phi) is 1.44. The SMILES string of the molecule is C=C[C@@H]1COCO1. The highest BCUT2D eigenvalue weighted by Crippen LogP contribution is 2.01. The molecule has 1 heterocycles. The molecule has 0 aromatic rings. The third-order valence-corrected chi connectivity index (χ3v) is 0.910. The Balaban J connectivity index is 2.26. The maximum Gasteiger partial charge on any atom is 0.147 e. The van der Waals surface area contributed by atoms with Crippen LogP contribution in [0.2, 0.25) is 0 Å². The van der Waals surface area contributed by atoms with Crippen LogP contribution in [0.3, 0.4) is 0 Å². The van der Waals surface area contributed by atoms with Gasteiger partial charge in [-0.1, -0.05) is 6.08 Å². The zero-order valence-electron chi connectivity index (χ0n) is 4.09. The third kappa shape index (κ3) is 1.01. The smallest absolute Gasteiger partial charge is 0.147 e. The molecule has 1 fully saturated rings. The van der Waals surface area contributed by atoms with Crippen molar-refractivity contribution in [3.05, 3.63) is 12.7 Å². The summed E-state index contributed by atoms with van der Waals surface area (Å²) in [5, 5.41) is 0. The lowest BCUT2D eigenvalue weighted by Gasteiger charge is -1.93. The van der Waals surface area contributed by atoms with E-state index in [1.54, 1.807) is 6.08 Å². The van der Waals surface area contributed by atoms with Gasteiger partial charge in [0.15, 0.2) is 0 Å². The number of hydrogen-bond donors (Lipinski definition) is 0. The van der Waals surface area contributed by atoms with Gasteiger partial charge < -0.3 is 9.47 Å². The fourth-order valence-corrected chi connectivity index (χ4v) is 0.484. The second kappa shape index (κ2) is 2.09. The van der Waals surface area contributed by atoms with Crippen LogP contribution in [-0.4, -0.2) is 19.5 Å². The van der Waals surface area contributed by atoms with Crippen molar-refractivity contribution in [2.75, 3.05) is 13.4 Å². The first kappa shape index (κ1) is 4.81. The van der Waals surface area contributed by atoms with Crippen molar-refractivity contribution in [1.29, 1.82) is 0 Å². The molecule has 0 amide bonds. The van der Waals surface area contributed by atoms with Crippen LogP contribution in [-0.2, 0) is 9.47 Å². The minimum absolute atomic E-state index is 0.139. The van der Waals surface area contributed by atoms with E-state index in [1.165, 1.54) is 0 Å². The minimum Gasteiger partial charge on any atom is -0.352 e. The van der Waals surface area contributed by atoms with Gasteiger partial charge in [-0.3, -0.25) is 0 Å². The molecule has 1 aliphatic heterocycles. The second-order valence-corrected chi connectivity index (χ2v) is 1.43. The van der Waals surface area contributed by atoms with Crippen LogP contribution < -0.4 is 0 Å². The molecular weight excluding hydrogens is 92.1 g/mol. The molecule has 0 N–H and O–H groups in total. The maximum absolute atomic E-state index is 4.96. The van der Waals surface area contributed by atoms with Gasteiger partial charge in [-0.2, -0.15) is 0 Å². The Hall–Kier alpha value is -0.340. The normalized spacial score (nSPS) is 30.6. The molecule has 0 spiro atoms. The molecule has 0 aliphatic carbocycles. The summed E-state index contributed by atoms with van der Waals surface area (Å²) in [6.07, 6.45) is 1.88. The van der Waals surface area contributed by atoms with Crippen molar-refractivity contribution in [2.24, 2.45) is 0 Å². The largest absolute Gasteiger partial charge is 0.352 e. The van der Waals surface area contributed by atoms with Crippen molar-refractivity contribution in [2.45, 2.75) is 6.10 Å². The molecule has 0 radical (unpaired) electrons. The van der Waals surface area contributed by atoms with Crippen molar-refractivity contribution >= 4 is 0 Å². The van der Waals surface area contributed by atoms with Gasteiger partial charge in [0, 0.05) is 0 Å². The van der Waals surface area contributed by atoms with E-state index in [2.05, 4.69) is 6.58 Å². The predicted octanol–water partition coefficient (Wildman–Crippen LogP) is 0.545. The summed E-state index contributed by atoms with van der Waals surface area (Å²) in [7, 11) is 0. The number of rotatable bonds is 1. The van der Waals surface area contributed by atoms with Crippen LogP contribution in [0.5, 0.6) is 0 Å². The van der Waals surface area contributed by atoms with Crippen molar-refractivity contribution < 1.29 is 9.47 Å². The summed E-state index contributed by atoms with van der Waals surface area (Å²) in [5.41, 5.74) is 0. The summed E-state index contributed by atoms with van der Waals surface area (Å²) in [5.74, 6) is 0. The van der Waals surface area contributed by atoms with Crippen LogP contribution in [0.4, 0.5) is 0 Å². The lowest BCUT2D eigenvalue weighted by Crippen LogP contribution is -2.02. The van der Waals surface area contributed by atoms with Gasteiger partial charge >= 0.3 is 0 Å². The minimum atomic E-state index is 0.139. The Morgan fingerprint density at radius 3 is 2.86 bits per heavy atom. The maximum atomic E-state index is 4.96. The van der Waals surface area contributed by atoms with Gasteiger partial charge in [0.25, 0.3) is 0 Å². The van der Waals surface area contributed by atoms with Crippen molar-refractivity contribution in [3.8, 4) is 0 Å². The summed E-state index contributed by atoms with van der Waals surface area (Å²) in [4.78, 5) is 0. The molecule has 2 nitrogen and oxygen atoms in total. The summed E-state index contributed by atoms with van der Waals surface area (Å²) in [6, 6.07) is 0. The topological polar surface area (TPSA) is 18.5 Å². The van der Waals surface area contributed by atoms with Crippen LogP contribution in [0.25, 0.3) is 0 Å². The van der Waals surface area contributed by atoms with E-state index in [0.717, 1.165) is 0 Å². The molecule has 0 aromatic carbocycles. The molecule has 1 rings (SSSR count). The van der Waals surface area contributed by atoms with Crippen LogP contribution in [0.1, 0.15) is 0 Å². The first-order valence-corrected chi connectivity index (χ1v) is 2.25. The van der Waals surface area contributed by atoms with Crippen molar-refractivity contribution in [3.63, 3.8) is 0 Å². The van der Waals surface area contributed by atoms with E-state index in [4.69, 9.17) is 9.47 Å². The van der Waals surface area contributed by atoms with Crippen LogP contribution in [0, 0.1) is 0 Å². The fraction of sp³-hybridized carbons (Fsp3) is 0.600. The van der Waals surface area contributed by atoms with E-state index in [9.17, 15) is 0 Å². The molecule has 40 valence electrons. The molecule has 0 saturated carbocycles. The Morgan fingerprint density at radius 1 is 1.71 bits per heavy atom. The van der Waals surface area contributed by atoms with E-state index in [0.29, 0.717) is 13.4 Å². The Morgan fingerprint density at radius 2 is 2.57 bits per heavy atom. The fourth-order valence-electron chi connectivity index (χ4n) is 0.484. The van der Waals surface area contributed by atoms with E-state index < -0.39 is 0 Å². The lowest BCUT2D eigenvalue weighted by atomic mass is 10.4. The molecule has 0 bridgehead atoms. The highest BCUT2D eigenvalue weighted by Gasteiger charge is 2.09. The summed E-state index contributed by atoms with van der Waals surface area (Å²) >= 11 is 0. The highest BCUT2D eigenvalue weighted by atomic mass is 16.7. The Bertz CT molecular complexity index is 64.5. The molecule has 7 heavy (non-hydrogen) atoms. The van der Waals surface area contributed by atoms with Gasteiger partial charge in [0.2, 0.25) is 0 Å². The monoisotopic (exact) mass is 100 g/mol. The van der Waals surface area contributed by atoms with Gasteiger partial charge in [-0.05, 0) is 0 Å². The Labute approximate surface area is 42.7 Å². The molecule has 0 aromatic heterocycles. The molecule has 1 atom stereocenters. The first-order chi connectivity index (χ1) is 3.43. The first-order valence-electron chi connectivity index (χ1n) is 2.25. The van der Waals surface area contributed by atoms with Gasteiger partial charge in [0.05, 0.1) is 6.61 Å². The van der Waals surface area contributed by atoms with E-state index in [1.807, 2.05) is 0 Å². The van der Waals surface area contributed by atoms with Gasteiger partial charge in [-0.25, -0.2) is 0 Å². The molecule has 1 aliphatic rings. The van der Waals surface area contributed by atoms with Crippen LogP contribution >= 0.6 is 0 Å². The second-order valence-electron chi connectivity index (χ2n) is 1.43. The van der Waals surface area contributed by atoms with E-state index >= 15 is 0 Å². The molecular formula is C5H8O2. The van der Waals surface area contributed by atoms with E-state index in [-0.39, 0.29) is 6.10 Å². The van der Waals surface area contributed by atoms with Crippen molar-refractivity contribution in [1.82, 2.24) is 0 Å². The predicted molar refractivity (Wildman–Crippen MR) is 25.9 cm³/mol. The average Bonchev–Trinajstić information content (AvgIpc) is 2.14. The quantitative estimate of drug-likeness (QED) is 0.448. The average molecular weight is 100 g/mol.